The van der Waals surface area contributed by atoms with Crippen molar-refractivity contribution in [1.29, 1.82) is 0 Å². The van der Waals surface area contributed by atoms with Crippen LogP contribution in [0.5, 0.6) is 0 Å². The third kappa shape index (κ3) is 4.24. The van der Waals surface area contributed by atoms with E-state index in [4.69, 9.17) is 0 Å². The van der Waals surface area contributed by atoms with Gasteiger partial charge in [0.2, 0.25) is 0 Å². The minimum Gasteiger partial charge on any atom is -0.363 e. The van der Waals surface area contributed by atoms with Crippen LogP contribution in [0.4, 0.5) is 5.69 Å². The second-order valence-corrected chi connectivity index (χ2v) is 9.27. The van der Waals surface area contributed by atoms with E-state index in [-0.39, 0.29) is 5.91 Å². The molecular weight excluding hydrogens is 370 g/mol. The molecule has 0 bridgehead atoms. The summed E-state index contributed by atoms with van der Waals surface area (Å²) in [7, 11) is 0. The Balaban J connectivity index is 1.14. The van der Waals surface area contributed by atoms with Crippen molar-refractivity contribution in [3.8, 4) is 0 Å². The van der Waals surface area contributed by atoms with Crippen molar-refractivity contribution in [2.24, 2.45) is 5.92 Å². The highest BCUT2D eigenvalue weighted by atomic mass is 16.2. The minimum atomic E-state index is 0.184. The van der Waals surface area contributed by atoms with Gasteiger partial charge in [-0.05, 0) is 54.2 Å². The molecule has 1 saturated heterocycles. The van der Waals surface area contributed by atoms with Gasteiger partial charge < -0.3 is 9.80 Å². The van der Waals surface area contributed by atoms with Crippen LogP contribution in [-0.4, -0.2) is 48.4 Å². The fraction of sp³-hybridized carbons (Fsp3) is 0.500. The maximum atomic E-state index is 13.0. The first-order valence-electron chi connectivity index (χ1n) is 11.7. The van der Waals surface area contributed by atoms with Crippen molar-refractivity contribution >= 4 is 11.6 Å². The molecule has 2 heterocycles. The van der Waals surface area contributed by atoms with Gasteiger partial charge in [-0.3, -0.25) is 9.69 Å². The molecule has 5 rings (SSSR count). The number of hydrogen-bond acceptors (Lipinski definition) is 3. The maximum Gasteiger partial charge on any atom is 0.253 e. The molecule has 0 radical (unpaired) electrons. The Morgan fingerprint density at radius 3 is 2.07 bits per heavy atom. The molecule has 0 aromatic heterocycles. The summed E-state index contributed by atoms with van der Waals surface area (Å²) in [6.45, 7) is 6.88. The molecule has 3 aliphatic rings. The van der Waals surface area contributed by atoms with Gasteiger partial charge in [-0.1, -0.05) is 43.5 Å². The lowest BCUT2D eigenvalue weighted by Crippen LogP contribution is -2.49. The zero-order valence-corrected chi connectivity index (χ0v) is 17.9. The number of anilines is 1. The monoisotopic (exact) mass is 403 g/mol. The molecule has 2 aliphatic heterocycles. The van der Waals surface area contributed by atoms with Crippen LogP contribution in [0.15, 0.2) is 48.5 Å². The Bertz CT molecular complexity index is 839. The topological polar surface area (TPSA) is 26.8 Å². The zero-order valence-electron chi connectivity index (χ0n) is 17.9. The van der Waals surface area contributed by atoms with Crippen LogP contribution < -0.4 is 4.90 Å². The number of carbonyl (C=O) groups is 1. The fourth-order valence-electron chi connectivity index (χ4n) is 5.38. The normalized spacial score (nSPS) is 20.4. The minimum absolute atomic E-state index is 0.184. The highest BCUT2D eigenvalue weighted by molar-refractivity contribution is 5.94. The Hall–Kier alpha value is -2.33. The molecule has 1 amide bonds. The first kappa shape index (κ1) is 19.6. The molecule has 4 nitrogen and oxygen atoms in total. The van der Waals surface area contributed by atoms with Gasteiger partial charge in [0.25, 0.3) is 5.91 Å². The number of carbonyl (C=O) groups excluding carboxylic acids is 1. The highest BCUT2D eigenvalue weighted by Gasteiger charge is 2.25. The summed E-state index contributed by atoms with van der Waals surface area (Å²) in [5.74, 6) is 1.06. The van der Waals surface area contributed by atoms with Crippen LogP contribution in [0.1, 0.15) is 53.6 Å². The average Bonchev–Trinajstić information content (AvgIpc) is 3.24. The number of fused-ring (bicyclic) bond motifs is 1. The Morgan fingerprint density at radius 2 is 1.43 bits per heavy atom. The average molecular weight is 404 g/mol. The number of nitrogens with zero attached hydrogens (tertiary/aromatic N) is 3. The van der Waals surface area contributed by atoms with Gasteiger partial charge in [0, 0.05) is 57.1 Å². The summed E-state index contributed by atoms with van der Waals surface area (Å²) in [6, 6.07) is 16.9. The number of piperazine rings is 1. The van der Waals surface area contributed by atoms with Crippen molar-refractivity contribution in [2.75, 3.05) is 37.6 Å². The van der Waals surface area contributed by atoms with Gasteiger partial charge in [0.1, 0.15) is 0 Å². The van der Waals surface area contributed by atoms with Crippen molar-refractivity contribution in [3.05, 3.63) is 65.2 Å². The van der Waals surface area contributed by atoms with Crippen molar-refractivity contribution in [3.63, 3.8) is 0 Å². The summed E-state index contributed by atoms with van der Waals surface area (Å²) >= 11 is 0. The smallest absolute Gasteiger partial charge is 0.253 e. The van der Waals surface area contributed by atoms with E-state index in [0.29, 0.717) is 0 Å². The van der Waals surface area contributed by atoms with Crippen molar-refractivity contribution in [2.45, 2.75) is 45.2 Å². The molecule has 1 saturated carbocycles. The van der Waals surface area contributed by atoms with Gasteiger partial charge in [-0.25, -0.2) is 0 Å². The molecule has 2 aromatic rings. The number of hydrogen-bond donors (Lipinski definition) is 0. The van der Waals surface area contributed by atoms with Gasteiger partial charge in [-0.2, -0.15) is 0 Å². The van der Waals surface area contributed by atoms with Gasteiger partial charge >= 0.3 is 0 Å². The summed E-state index contributed by atoms with van der Waals surface area (Å²) in [5, 5.41) is 0. The molecule has 0 atom stereocenters. The van der Waals surface area contributed by atoms with E-state index in [0.717, 1.165) is 50.7 Å². The summed E-state index contributed by atoms with van der Waals surface area (Å²) < 4.78 is 0. The molecule has 158 valence electrons. The summed E-state index contributed by atoms with van der Waals surface area (Å²) in [4.78, 5) is 20.0. The molecule has 4 heteroatoms. The van der Waals surface area contributed by atoms with Gasteiger partial charge in [-0.15, -0.1) is 0 Å². The fourth-order valence-corrected chi connectivity index (χ4v) is 5.38. The van der Waals surface area contributed by atoms with E-state index in [1.54, 1.807) is 0 Å². The van der Waals surface area contributed by atoms with Crippen molar-refractivity contribution < 1.29 is 4.79 Å². The largest absolute Gasteiger partial charge is 0.363 e. The van der Waals surface area contributed by atoms with Crippen LogP contribution in [0.2, 0.25) is 0 Å². The quantitative estimate of drug-likeness (QED) is 0.750. The number of benzene rings is 2. The summed E-state index contributed by atoms with van der Waals surface area (Å²) in [6.07, 6.45) is 7.02. The van der Waals surface area contributed by atoms with Crippen LogP contribution in [0.25, 0.3) is 0 Å². The first-order valence-corrected chi connectivity index (χ1v) is 11.7. The highest BCUT2D eigenvalue weighted by Crippen LogP contribution is 2.28. The Labute approximate surface area is 180 Å². The van der Waals surface area contributed by atoms with E-state index in [2.05, 4.69) is 46.2 Å². The molecule has 0 unspecified atom stereocenters. The van der Waals surface area contributed by atoms with E-state index in [9.17, 15) is 4.79 Å². The SMILES string of the molecule is O=C(c1ccc(N2Cc3ccccc3C2)cc1)N1CCN(CC2CCCCC2)CC1. The maximum absolute atomic E-state index is 13.0. The van der Waals surface area contributed by atoms with Gasteiger partial charge in [0.05, 0.1) is 0 Å². The molecule has 2 aromatic carbocycles. The van der Waals surface area contributed by atoms with E-state index >= 15 is 0 Å². The second-order valence-electron chi connectivity index (χ2n) is 9.27. The number of rotatable bonds is 4. The Morgan fingerprint density at radius 1 is 0.800 bits per heavy atom. The molecule has 0 N–H and O–H groups in total. The molecule has 0 spiro atoms. The van der Waals surface area contributed by atoms with Crippen molar-refractivity contribution in [1.82, 2.24) is 9.80 Å². The molecular formula is C26H33N3O. The second kappa shape index (κ2) is 8.81. The first-order chi connectivity index (χ1) is 14.8. The van der Waals surface area contributed by atoms with Gasteiger partial charge in [0.15, 0.2) is 0 Å². The third-order valence-corrected chi connectivity index (χ3v) is 7.22. The van der Waals surface area contributed by atoms with E-state index in [1.165, 1.54) is 55.5 Å². The molecule has 2 fully saturated rings. The summed E-state index contributed by atoms with van der Waals surface area (Å²) in [5.41, 5.74) is 4.82. The zero-order chi connectivity index (χ0) is 20.3. The lowest BCUT2D eigenvalue weighted by Gasteiger charge is -2.37. The predicted molar refractivity (Wildman–Crippen MR) is 122 cm³/mol. The lowest BCUT2D eigenvalue weighted by molar-refractivity contribution is 0.0606. The predicted octanol–water partition coefficient (Wildman–Crippen LogP) is 4.54. The van der Waals surface area contributed by atoms with E-state index < -0.39 is 0 Å². The van der Waals surface area contributed by atoms with E-state index in [1.807, 2.05) is 17.0 Å². The molecule has 1 aliphatic carbocycles. The van der Waals surface area contributed by atoms with Crippen LogP contribution >= 0.6 is 0 Å². The standard InChI is InChI=1S/C26H33N3O/c30-26(28-16-14-27(15-17-28)18-21-6-2-1-3-7-21)22-10-12-25(13-11-22)29-19-23-8-4-5-9-24(23)20-29/h4-5,8-13,21H,1-3,6-7,14-20H2. The Kier molecular flexibility index (Phi) is 5.76. The number of amides is 1. The lowest BCUT2D eigenvalue weighted by atomic mass is 9.89. The molecule has 30 heavy (non-hydrogen) atoms. The third-order valence-electron chi connectivity index (χ3n) is 7.22. The van der Waals surface area contributed by atoms with Crippen LogP contribution in [0.3, 0.4) is 0 Å². The van der Waals surface area contributed by atoms with Crippen LogP contribution in [-0.2, 0) is 13.1 Å². The van der Waals surface area contributed by atoms with Crippen LogP contribution in [0, 0.1) is 5.92 Å².